The Bertz CT molecular complexity index is 242. The smallest absolute Gasteiger partial charge is 0.322 e. The van der Waals surface area contributed by atoms with Gasteiger partial charge >= 0.3 is 17.1 Å². The molecule has 3 heterocycles. The molecule has 2 nitrogen and oxygen atoms in total. The second-order valence-corrected chi connectivity index (χ2v) is 14.3. The lowest BCUT2D eigenvalue weighted by Crippen LogP contribution is -2.85. The largest absolute Gasteiger partial charge is 0.415 e. The van der Waals surface area contributed by atoms with E-state index >= 15 is 0 Å². The molecular formula is C15H32O2Si2. The van der Waals surface area contributed by atoms with E-state index in [1.54, 1.807) is 0 Å². The first-order chi connectivity index (χ1) is 9.11. The quantitative estimate of drug-likeness (QED) is 0.521. The molecule has 112 valence electrons. The number of hydrogen-bond acceptors (Lipinski definition) is 2. The Hall–Kier alpha value is 0.354. The van der Waals surface area contributed by atoms with Crippen molar-refractivity contribution >= 4 is 17.1 Å². The van der Waals surface area contributed by atoms with Crippen molar-refractivity contribution in [2.45, 2.75) is 84.0 Å². The van der Waals surface area contributed by atoms with Gasteiger partial charge in [-0.15, -0.1) is 0 Å². The minimum atomic E-state index is -1.55. The summed E-state index contributed by atoms with van der Waals surface area (Å²) in [5.41, 5.74) is 1.43. The molecule has 0 aromatic heterocycles. The van der Waals surface area contributed by atoms with Crippen molar-refractivity contribution in [3.63, 3.8) is 0 Å². The Morgan fingerprint density at radius 1 is 0.737 bits per heavy atom. The molecule has 3 rings (SSSR count). The molecule has 0 spiro atoms. The minimum absolute atomic E-state index is 0.899. The van der Waals surface area contributed by atoms with Gasteiger partial charge in [-0.05, 0) is 36.8 Å². The van der Waals surface area contributed by atoms with E-state index in [1.165, 1.54) is 56.3 Å². The van der Waals surface area contributed by atoms with Crippen LogP contribution in [0.25, 0.3) is 0 Å². The average molecular weight is 301 g/mol. The van der Waals surface area contributed by atoms with Gasteiger partial charge in [-0.1, -0.05) is 53.4 Å². The molecule has 0 atom stereocenters. The maximum Gasteiger partial charge on any atom is 0.322 e. The summed E-state index contributed by atoms with van der Waals surface area (Å²) in [4.78, 5) is 0. The van der Waals surface area contributed by atoms with Crippen molar-refractivity contribution in [2.24, 2.45) is 11.8 Å². The maximum atomic E-state index is 6.34. The molecule has 4 heteroatoms. The average Bonchev–Trinajstić information content (AvgIpc) is 2.34. The third-order valence-corrected chi connectivity index (χ3v) is 17.8. The SMILES string of the molecule is CCC(CC)CC[Si]12C[Si](CCC(CC)CC)(O1)O2. The molecule has 0 aliphatic carbocycles. The van der Waals surface area contributed by atoms with Gasteiger partial charge in [0.1, 0.15) is 0 Å². The van der Waals surface area contributed by atoms with Gasteiger partial charge in [0.15, 0.2) is 0 Å². The zero-order valence-electron chi connectivity index (χ0n) is 13.3. The van der Waals surface area contributed by atoms with Crippen LogP contribution in [0.5, 0.6) is 0 Å². The van der Waals surface area contributed by atoms with Gasteiger partial charge in [-0.2, -0.15) is 0 Å². The first-order valence-electron chi connectivity index (χ1n) is 8.51. The summed E-state index contributed by atoms with van der Waals surface area (Å²) in [7, 11) is -3.10. The number of rotatable bonds is 10. The molecule has 2 bridgehead atoms. The van der Waals surface area contributed by atoms with E-state index in [0.29, 0.717) is 0 Å². The van der Waals surface area contributed by atoms with Crippen molar-refractivity contribution in [1.82, 2.24) is 0 Å². The zero-order chi connectivity index (χ0) is 13.9. The predicted octanol–water partition coefficient (Wildman–Crippen LogP) is 5.12. The van der Waals surface area contributed by atoms with E-state index in [4.69, 9.17) is 8.23 Å². The normalized spacial score (nSPS) is 32.5. The van der Waals surface area contributed by atoms with E-state index < -0.39 is 17.1 Å². The molecule has 0 N–H and O–H groups in total. The summed E-state index contributed by atoms with van der Waals surface area (Å²) in [6.07, 6.45) is 7.96. The second kappa shape index (κ2) is 6.41. The van der Waals surface area contributed by atoms with Crippen LogP contribution in [-0.4, -0.2) is 17.1 Å². The molecule has 0 radical (unpaired) electrons. The molecule has 3 fully saturated rings. The third-order valence-electron chi connectivity index (χ3n) is 5.46. The third kappa shape index (κ3) is 3.34. The highest BCUT2D eigenvalue weighted by Crippen LogP contribution is 2.56. The molecular weight excluding hydrogens is 268 g/mol. The lowest BCUT2D eigenvalue weighted by molar-refractivity contribution is 0.154. The molecule has 0 saturated carbocycles. The molecule has 0 aromatic carbocycles. The van der Waals surface area contributed by atoms with Crippen molar-refractivity contribution in [2.75, 3.05) is 0 Å². The fourth-order valence-electron chi connectivity index (χ4n) is 3.70. The van der Waals surface area contributed by atoms with Gasteiger partial charge in [0.25, 0.3) is 0 Å². The molecule has 3 aliphatic rings. The fourth-order valence-corrected chi connectivity index (χ4v) is 17.1. The van der Waals surface area contributed by atoms with Crippen molar-refractivity contribution in [1.29, 1.82) is 0 Å². The van der Waals surface area contributed by atoms with Crippen molar-refractivity contribution in [3.8, 4) is 0 Å². The summed E-state index contributed by atoms with van der Waals surface area (Å²) < 4.78 is 12.7. The van der Waals surface area contributed by atoms with E-state index in [-0.39, 0.29) is 0 Å². The van der Waals surface area contributed by atoms with Crippen LogP contribution in [0.1, 0.15) is 66.2 Å². The molecule has 0 amide bonds. The fraction of sp³-hybridized carbons (Fsp3) is 1.00. The molecule has 19 heavy (non-hydrogen) atoms. The highest BCUT2D eigenvalue weighted by molar-refractivity contribution is 7.11. The van der Waals surface area contributed by atoms with Crippen molar-refractivity contribution < 1.29 is 8.23 Å². The van der Waals surface area contributed by atoms with Gasteiger partial charge in [0.05, 0.1) is 0 Å². The predicted molar refractivity (Wildman–Crippen MR) is 85.5 cm³/mol. The summed E-state index contributed by atoms with van der Waals surface area (Å²) in [6.45, 7) is 9.24. The molecule has 3 aliphatic heterocycles. The van der Waals surface area contributed by atoms with Crippen LogP contribution in [0, 0.1) is 11.8 Å². The van der Waals surface area contributed by atoms with E-state index in [0.717, 1.165) is 11.8 Å². The topological polar surface area (TPSA) is 18.5 Å². The summed E-state index contributed by atoms with van der Waals surface area (Å²) in [6, 6.07) is 2.55. The molecule has 0 aromatic rings. The highest BCUT2D eigenvalue weighted by Gasteiger charge is 2.76. The summed E-state index contributed by atoms with van der Waals surface area (Å²) >= 11 is 0. The van der Waals surface area contributed by atoms with Crippen LogP contribution in [0.4, 0.5) is 0 Å². The Kier molecular flexibility index (Phi) is 5.31. The van der Waals surface area contributed by atoms with Gasteiger partial charge in [0, 0.05) is 5.67 Å². The van der Waals surface area contributed by atoms with Gasteiger partial charge in [-0.25, -0.2) is 0 Å². The van der Waals surface area contributed by atoms with Crippen molar-refractivity contribution in [3.05, 3.63) is 0 Å². The summed E-state index contributed by atoms with van der Waals surface area (Å²) in [5, 5.41) is 0. The van der Waals surface area contributed by atoms with Gasteiger partial charge in [-0.3, -0.25) is 0 Å². The van der Waals surface area contributed by atoms with Gasteiger partial charge < -0.3 is 8.23 Å². The van der Waals surface area contributed by atoms with Gasteiger partial charge in [0.2, 0.25) is 0 Å². The first-order valence-corrected chi connectivity index (χ1v) is 13.0. The highest BCUT2D eigenvalue weighted by atomic mass is 28.6. The van der Waals surface area contributed by atoms with Crippen LogP contribution >= 0.6 is 0 Å². The monoisotopic (exact) mass is 300 g/mol. The minimum Gasteiger partial charge on any atom is -0.415 e. The van der Waals surface area contributed by atoms with E-state index in [9.17, 15) is 0 Å². The van der Waals surface area contributed by atoms with Crippen LogP contribution in [0.3, 0.4) is 0 Å². The number of hydrogen-bond donors (Lipinski definition) is 0. The maximum absolute atomic E-state index is 6.34. The lowest BCUT2D eigenvalue weighted by atomic mass is 10.0. The van der Waals surface area contributed by atoms with Crippen LogP contribution in [0.15, 0.2) is 0 Å². The van der Waals surface area contributed by atoms with Crippen LogP contribution in [0.2, 0.25) is 17.8 Å². The van der Waals surface area contributed by atoms with E-state index in [1.807, 2.05) is 0 Å². The first kappa shape index (κ1) is 15.7. The Morgan fingerprint density at radius 3 is 1.32 bits per heavy atom. The Labute approximate surface area is 121 Å². The summed E-state index contributed by atoms with van der Waals surface area (Å²) in [5.74, 6) is 1.80. The zero-order valence-corrected chi connectivity index (χ0v) is 15.3. The van der Waals surface area contributed by atoms with E-state index in [2.05, 4.69) is 27.7 Å². The van der Waals surface area contributed by atoms with Crippen LogP contribution in [-0.2, 0) is 8.23 Å². The Morgan fingerprint density at radius 2 is 1.05 bits per heavy atom. The van der Waals surface area contributed by atoms with Crippen LogP contribution < -0.4 is 0 Å². The lowest BCUT2D eigenvalue weighted by Gasteiger charge is -2.66. The standard InChI is InChI=1S/C15H32O2Si2/c1-5-14(6-2)9-11-18-13-19(16-18,17-18)12-10-15(7-3)8-4/h14-15H,5-13H2,1-4H3. The Balaban J connectivity index is 1.64. The molecule has 0 unspecified atom stereocenters. The second-order valence-electron chi connectivity index (χ2n) is 6.64. The molecule has 3 saturated heterocycles.